The van der Waals surface area contributed by atoms with E-state index in [4.69, 9.17) is 4.42 Å². The molecule has 0 amide bonds. The first-order valence-corrected chi connectivity index (χ1v) is 9.80. The van der Waals surface area contributed by atoms with Gasteiger partial charge in [-0.15, -0.1) is 21.5 Å². The summed E-state index contributed by atoms with van der Waals surface area (Å²) in [5.74, 6) is 2.13. The molecule has 0 aliphatic heterocycles. The van der Waals surface area contributed by atoms with Gasteiger partial charge in [0.25, 0.3) is 5.22 Å². The molecule has 5 nitrogen and oxygen atoms in total. The van der Waals surface area contributed by atoms with E-state index < -0.39 is 0 Å². The summed E-state index contributed by atoms with van der Waals surface area (Å²) >= 11 is 4.76. The Labute approximate surface area is 140 Å². The molecule has 3 aromatic rings. The van der Waals surface area contributed by atoms with Crippen molar-refractivity contribution < 1.29 is 4.42 Å². The van der Waals surface area contributed by atoms with Crippen molar-refractivity contribution in [2.24, 2.45) is 0 Å². The molecule has 0 unspecified atom stereocenters. The van der Waals surface area contributed by atoms with Gasteiger partial charge in [-0.05, 0) is 18.4 Å². The number of nitrogens with one attached hydrogen (secondary N) is 1. The summed E-state index contributed by atoms with van der Waals surface area (Å²) in [6, 6.07) is 10.0. The molecule has 8 heteroatoms. The van der Waals surface area contributed by atoms with E-state index in [1.165, 1.54) is 11.8 Å². The van der Waals surface area contributed by atoms with Crippen LogP contribution in [0.5, 0.6) is 0 Å². The maximum absolute atomic E-state index is 5.53. The monoisotopic (exact) mass is 350 g/mol. The third-order valence-corrected chi connectivity index (χ3v) is 4.83. The van der Waals surface area contributed by atoms with Crippen molar-refractivity contribution in [2.45, 2.75) is 16.7 Å². The topological polar surface area (TPSA) is 63.8 Å². The van der Waals surface area contributed by atoms with Crippen molar-refractivity contribution >= 4 is 45.7 Å². The molecule has 22 heavy (non-hydrogen) atoms. The number of hydrogen-bond acceptors (Lipinski definition) is 8. The number of benzene rings is 1. The molecule has 0 bridgehead atoms. The standard InChI is InChI=1S/C14H14N4OS3/c1-20-9-12-17-18-14(19-12)22-8-11-7-21-13(16-11)15-10-5-3-2-4-6-10/h2-7H,8-9H2,1H3,(H,15,16). The molecule has 0 fully saturated rings. The van der Waals surface area contributed by atoms with Crippen molar-refractivity contribution in [3.05, 3.63) is 47.3 Å². The summed E-state index contributed by atoms with van der Waals surface area (Å²) in [7, 11) is 0. The fraction of sp³-hybridized carbons (Fsp3) is 0.214. The van der Waals surface area contributed by atoms with Crippen LogP contribution < -0.4 is 5.32 Å². The van der Waals surface area contributed by atoms with Gasteiger partial charge in [0.15, 0.2) is 5.13 Å². The van der Waals surface area contributed by atoms with Crippen molar-refractivity contribution in [1.82, 2.24) is 15.2 Å². The molecule has 0 atom stereocenters. The number of anilines is 2. The molecule has 1 aromatic carbocycles. The summed E-state index contributed by atoms with van der Waals surface area (Å²) in [4.78, 5) is 4.56. The van der Waals surface area contributed by atoms with Crippen LogP contribution in [0.15, 0.2) is 45.4 Å². The Kier molecular flexibility index (Phi) is 5.36. The van der Waals surface area contributed by atoms with Gasteiger partial charge >= 0.3 is 0 Å². The smallest absolute Gasteiger partial charge is 0.276 e. The van der Waals surface area contributed by atoms with Crippen LogP contribution in [0, 0.1) is 0 Å². The molecule has 0 aliphatic carbocycles. The van der Waals surface area contributed by atoms with Crippen LogP contribution in [0.25, 0.3) is 0 Å². The highest BCUT2D eigenvalue weighted by molar-refractivity contribution is 7.98. The van der Waals surface area contributed by atoms with Gasteiger partial charge in [0.1, 0.15) is 0 Å². The van der Waals surface area contributed by atoms with Crippen LogP contribution >= 0.6 is 34.9 Å². The first kappa shape index (κ1) is 15.4. The van der Waals surface area contributed by atoms with E-state index in [2.05, 4.69) is 20.5 Å². The average Bonchev–Trinajstić information content (AvgIpc) is 3.16. The fourth-order valence-electron chi connectivity index (χ4n) is 1.69. The van der Waals surface area contributed by atoms with Crippen LogP contribution in [-0.2, 0) is 11.5 Å². The van der Waals surface area contributed by atoms with E-state index in [1.807, 2.05) is 42.0 Å². The third kappa shape index (κ3) is 4.25. The maximum atomic E-state index is 5.53. The predicted octanol–water partition coefficient (Wildman–Crippen LogP) is 4.43. The molecule has 1 N–H and O–H groups in total. The summed E-state index contributed by atoms with van der Waals surface area (Å²) < 4.78 is 5.53. The van der Waals surface area contributed by atoms with Gasteiger partial charge in [0, 0.05) is 16.8 Å². The number of rotatable bonds is 7. The molecular formula is C14H14N4OS3. The summed E-state index contributed by atoms with van der Waals surface area (Å²) in [6.45, 7) is 0. The Morgan fingerprint density at radius 2 is 2.05 bits per heavy atom. The second-order valence-corrected chi connectivity index (χ2v) is 6.97. The molecule has 0 saturated heterocycles. The molecular weight excluding hydrogens is 336 g/mol. The first-order chi connectivity index (χ1) is 10.8. The highest BCUT2D eigenvalue weighted by Crippen LogP contribution is 2.26. The summed E-state index contributed by atoms with van der Waals surface area (Å²) in [5, 5.41) is 14.8. The normalized spacial score (nSPS) is 10.8. The number of thioether (sulfide) groups is 2. The minimum Gasteiger partial charge on any atom is -0.415 e. The Balaban J connectivity index is 1.55. The van der Waals surface area contributed by atoms with E-state index in [0.29, 0.717) is 16.9 Å². The van der Waals surface area contributed by atoms with E-state index in [1.54, 1.807) is 23.1 Å². The van der Waals surface area contributed by atoms with Gasteiger partial charge in [0.05, 0.1) is 11.4 Å². The van der Waals surface area contributed by atoms with Gasteiger partial charge in [0.2, 0.25) is 5.89 Å². The highest BCUT2D eigenvalue weighted by Gasteiger charge is 2.08. The summed E-state index contributed by atoms with van der Waals surface area (Å²) in [5.41, 5.74) is 2.03. The van der Waals surface area contributed by atoms with Gasteiger partial charge in [-0.1, -0.05) is 30.0 Å². The van der Waals surface area contributed by atoms with E-state index in [-0.39, 0.29) is 0 Å². The van der Waals surface area contributed by atoms with E-state index in [9.17, 15) is 0 Å². The van der Waals surface area contributed by atoms with Crippen molar-refractivity contribution in [1.29, 1.82) is 0 Å². The quantitative estimate of drug-likeness (QED) is 0.633. The molecule has 2 aromatic heterocycles. The molecule has 0 saturated carbocycles. The molecule has 114 valence electrons. The minimum atomic E-state index is 0.592. The Morgan fingerprint density at radius 1 is 1.18 bits per heavy atom. The zero-order valence-corrected chi connectivity index (χ0v) is 14.3. The predicted molar refractivity (Wildman–Crippen MR) is 92.9 cm³/mol. The Bertz CT molecular complexity index is 714. The lowest BCUT2D eigenvalue weighted by molar-refractivity contribution is 0.426. The van der Waals surface area contributed by atoms with E-state index >= 15 is 0 Å². The number of aromatic nitrogens is 3. The van der Waals surface area contributed by atoms with Gasteiger partial charge in [-0.3, -0.25) is 0 Å². The van der Waals surface area contributed by atoms with E-state index in [0.717, 1.165) is 22.3 Å². The third-order valence-electron chi connectivity index (χ3n) is 2.64. The Hall–Kier alpha value is -1.51. The Morgan fingerprint density at radius 3 is 2.86 bits per heavy atom. The number of nitrogens with zero attached hydrogens (tertiary/aromatic N) is 3. The van der Waals surface area contributed by atoms with Crippen molar-refractivity contribution in [3.8, 4) is 0 Å². The SMILES string of the molecule is CSCc1nnc(SCc2csc(Nc3ccccc3)n2)o1. The lowest BCUT2D eigenvalue weighted by Gasteiger charge is -2.00. The first-order valence-electron chi connectivity index (χ1n) is 6.54. The molecule has 3 rings (SSSR count). The fourth-order valence-corrected chi connectivity index (χ4v) is 3.56. The lowest BCUT2D eigenvalue weighted by atomic mass is 10.3. The second-order valence-electron chi connectivity index (χ2n) is 4.32. The largest absolute Gasteiger partial charge is 0.415 e. The van der Waals surface area contributed by atoms with Crippen molar-refractivity contribution in [2.75, 3.05) is 11.6 Å². The van der Waals surface area contributed by atoms with Gasteiger partial charge in [-0.25, -0.2) is 4.98 Å². The zero-order valence-electron chi connectivity index (χ0n) is 11.9. The number of hydrogen-bond donors (Lipinski definition) is 1. The van der Waals surface area contributed by atoms with Crippen LogP contribution in [0.3, 0.4) is 0 Å². The molecule has 2 heterocycles. The average molecular weight is 350 g/mol. The van der Waals surface area contributed by atoms with Crippen LogP contribution in [0.4, 0.5) is 10.8 Å². The van der Waals surface area contributed by atoms with Gasteiger partial charge in [-0.2, -0.15) is 11.8 Å². The highest BCUT2D eigenvalue weighted by atomic mass is 32.2. The number of thiazole rings is 1. The molecule has 0 aliphatic rings. The maximum Gasteiger partial charge on any atom is 0.276 e. The van der Waals surface area contributed by atoms with Crippen molar-refractivity contribution in [3.63, 3.8) is 0 Å². The summed E-state index contributed by atoms with van der Waals surface area (Å²) in [6.07, 6.45) is 2.01. The molecule has 0 spiro atoms. The van der Waals surface area contributed by atoms with Crippen LogP contribution in [0.1, 0.15) is 11.6 Å². The minimum absolute atomic E-state index is 0.592. The molecule has 0 radical (unpaired) electrons. The lowest BCUT2D eigenvalue weighted by Crippen LogP contribution is -1.89. The number of para-hydroxylation sites is 1. The van der Waals surface area contributed by atoms with Gasteiger partial charge < -0.3 is 9.73 Å². The van der Waals surface area contributed by atoms with Crippen LogP contribution in [0.2, 0.25) is 0 Å². The second kappa shape index (κ2) is 7.66. The van der Waals surface area contributed by atoms with Crippen LogP contribution in [-0.4, -0.2) is 21.4 Å². The zero-order chi connectivity index (χ0) is 15.2.